The van der Waals surface area contributed by atoms with Gasteiger partial charge in [0.1, 0.15) is 11.8 Å². The number of carbonyl (C=O) groups excluding carboxylic acids is 1. The molecule has 0 heterocycles. The lowest BCUT2D eigenvalue weighted by Gasteiger charge is -2.14. The maximum Gasteiger partial charge on any atom is 0.245 e. The first kappa shape index (κ1) is 12.3. The van der Waals surface area contributed by atoms with Crippen molar-refractivity contribution < 1.29 is 9.53 Å². The summed E-state index contributed by atoms with van der Waals surface area (Å²) >= 11 is 0. The largest absolute Gasteiger partial charge is 0.497 e. The Morgan fingerprint density at radius 1 is 1.62 bits per heavy atom. The molecule has 0 spiro atoms. The van der Waals surface area contributed by atoms with Gasteiger partial charge in [-0.1, -0.05) is 12.6 Å². The first-order valence-corrected chi connectivity index (χ1v) is 4.91. The second-order valence-corrected chi connectivity index (χ2v) is 3.41. The molecule has 0 aromatic heterocycles. The van der Waals surface area contributed by atoms with Crippen molar-refractivity contribution in [2.24, 2.45) is 5.73 Å². The molecule has 0 fully saturated rings. The van der Waals surface area contributed by atoms with Gasteiger partial charge in [-0.3, -0.25) is 4.79 Å². The number of rotatable bonds is 4. The van der Waals surface area contributed by atoms with E-state index in [1.165, 1.54) is 6.20 Å². The lowest BCUT2D eigenvalue weighted by atomic mass is 10.0. The van der Waals surface area contributed by atoms with Crippen LogP contribution in [0.1, 0.15) is 17.2 Å². The zero-order chi connectivity index (χ0) is 12.1. The molecule has 0 bridgehead atoms. The third-order valence-electron chi connectivity index (χ3n) is 2.35. The summed E-state index contributed by atoms with van der Waals surface area (Å²) in [7, 11) is 1.57. The van der Waals surface area contributed by atoms with Crippen LogP contribution in [0.2, 0.25) is 0 Å². The van der Waals surface area contributed by atoms with Gasteiger partial charge in [0.2, 0.25) is 5.91 Å². The molecule has 4 nitrogen and oxygen atoms in total. The Morgan fingerprint density at radius 2 is 2.31 bits per heavy atom. The standard InChI is InChI=1S/C12H16N2O2/c1-4-14-12(15)11(13)10-7-9(16-3)6-5-8(10)2/h4-7,11H,1,13H2,2-3H3,(H,14,15). The number of benzene rings is 1. The molecule has 1 aromatic rings. The third kappa shape index (κ3) is 2.61. The predicted octanol–water partition coefficient (Wildman–Crippen LogP) is 1.26. The minimum Gasteiger partial charge on any atom is -0.497 e. The number of methoxy groups -OCH3 is 1. The van der Waals surface area contributed by atoms with Gasteiger partial charge >= 0.3 is 0 Å². The fraction of sp³-hybridized carbons (Fsp3) is 0.250. The summed E-state index contributed by atoms with van der Waals surface area (Å²) in [5, 5.41) is 2.47. The van der Waals surface area contributed by atoms with Crippen LogP contribution in [0.25, 0.3) is 0 Å². The van der Waals surface area contributed by atoms with Crippen LogP contribution < -0.4 is 15.8 Å². The van der Waals surface area contributed by atoms with Crippen molar-refractivity contribution in [2.45, 2.75) is 13.0 Å². The van der Waals surface area contributed by atoms with Crippen LogP contribution >= 0.6 is 0 Å². The SMILES string of the molecule is C=CNC(=O)C(N)c1cc(OC)ccc1C. The third-order valence-corrected chi connectivity index (χ3v) is 2.35. The van der Waals surface area contributed by atoms with E-state index in [9.17, 15) is 4.79 Å². The average Bonchev–Trinajstić information content (AvgIpc) is 2.29. The monoisotopic (exact) mass is 220 g/mol. The molecule has 4 heteroatoms. The van der Waals surface area contributed by atoms with Crippen molar-refractivity contribution in [3.05, 3.63) is 42.1 Å². The van der Waals surface area contributed by atoms with Crippen LogP contribution in [0.5, 0.6) is 5.75 Å². The van der Waals surface area contributed by atoms with Gasteiger partial charge in [-0.2, -0.15) is 0 Å². The van der Waals surface area contributed by atoms with E-state index in [-0.39, 0.29) is 5.91 Å². The van der Waals surface area contributed by atoms with Crippen molar-refractivity contribution in [3.63, 3.8) is 0 Å². The number of amides is 1. The summed E-state index contributed by atoms with van der Waals surface area (Å²) < 4.78 is 5.09. The Bertz CT molecular complexity index is 402. The molecule has 1 aromatic carbocycles. The van der Waals surface area contributed by atoms with E-state index in [0.29, 0.717) is 5.75 Å². The average molecular weight is 220 g/mol. The molecule has 1 rings (SSSR count). The Labute approximate surface area is 95.1 Å². The summed E-state index contributed by atoms with van der Waals surface area (Å²) in [6.07, 6.45) is 1.32. The summed E-state index contributed by atoms with van der Waals surface area (Å²) in [5.41, 5.74) is 7.53. The van der Waals surface area contributed by atoms with Gasteiger partial charge in [-0.05, 0) is 36.4 Å². The van der Waals surface area contributed by atoms with Gasteiger partial charge in [0.15, 0.2) is 0 Å². The Balaban J connectivity index is 3.01. The van der Waals surface area contributed by atoms with Crippen LogP contribution in [0.4, 0.5) is 0 Å². The van der Waals surface area contributed by atoms with Crippen LogP contribution in [0, 0.1) is 6.92 Å². The highest BCUT2D eigenvalue weighted by Crippen LogP contribution is 2.21. The van der Waals surface area contributed by atoms with E-state index in [4.69, 9.17) is 10.5 Å². The van der Waals surface area contributed by atoms with Crippen molar-refractivity contribution in [3.8, 4) is 5.75 Å². The zero-order valence-electron chi connectivity index (χ0n) is 9.49. The van der Waals surface area contributed by atoms with Crippen molar-refractivity contribution in [1.29, 1.82) is 0 Å². The smallest absolute Gasteiger partial charge is 0.245 e. The number of aryl methyl sites for hydroxylation is 1. The van der Waals surface area contributed by atoms with Crippen LogP contribution in [0.3, 0.4) is 0 Å². The maximum atomic E-state index is 11.5. The van der Waals surface area contributed by atoms with Crippen LogP contribution in [-0.2, 0) is 4.79 Å². The van der Waals surface area contributed by atoms with Gasteiger partial charge < -0.3 is 15.8 Å². The van der Waals surface area contributed by atoms with Gasteiger partial charge in [0, 0.05) is 0 Å². The van der Waals surface area contributed by atoms with Crippen molar-refractivity contribution in [2.75, 3.05) is 7.11 Å². The molecular formula is C12H16N2O2. The summed E-state index contributed by atoms with van der Waals surface area (Å²) in [4.78, 5) is 11.5. The van der Waals surface area contributed by atoms with E-state index in [2.05, 4.69) is 11.9 Å². The summed E-state index contributed by atoms with van der Waals surface area (Å²) in [6, 6.07) is 4.75. The topological polar surface area (TPSA) is 64.4 Å². The molecule has 3 N–H and O–H groups in total. The molecule has 1 atom stereocenters. The predicted molar refractivity (Wildman–Crippen MR) is 63.0 cm³/mol. The van der Waals surface area contributed by atoms with Crippen molar-refractivity contribution in [1.82, 2.24) is 5.32 Å². The Morgan fingerprint density at radius 3 is 2.88 bits per heavy atom. The van der Waals surface area contributed by atoms with Gasteiger partial charge in [0.25, 0.3) is 0 Å². The molecule has 0 saturated heterocycles. The number of ether oxygens (including phenoxy) is 1. The number of nitrogens with one attached hydrogen (secondary N) is 1. The van der Waals surface area contributed by atoms with Crippen LogP contribution in [0.15, 0.2) is 31.0 Å². The fourth-order valence-corrected chi connectivity index (χ4v) is 1.41. The van der Waals surface area contributed by atoms with Gasteiger partial charge in [0.05, 0.1) is 7.11 Å². The Kier molecular flexibility index (Phi) is 4.08. The molecule has 1 amide bonds. The van der Waals surface area contributed by atoms with Crippen molar-refractivity contribution >= 4 is 5.91 Å². The normalized spacial score (nSPS) is 11.7. The quantitative estimate of drug-likeness (QED) is 0.803. The van der Waals surface area contributed by atoms with Crippen LogP contribution in [-0.4, -0.2) is 13.0 Å². The first-order chi connectivity index (χ1) is 7.60. The van der Waals surface area contributed by atoms with Gasteiger partial charge in [-0.25, -0.2) is 0 Å². The van der Waals surface area contributed by atoms with E-state index in [0.717, 1.165) is 11.1 Å². The van der Waals surface area contributed by atoms with Gasteiger partial charge in [-0.15, -0.1) is 0 Å². The lowest BCUT2D eigenvalue weighted by molar-refractivity contribution is -0.121. The number of hydrogen-bond donors (Lipinski definition) is 2. The highest BCUT2D eigenvalue weighted by atomic mass is 16.5. The molecule has 0 aliphatic carbocycles. The molecular weight excluding hydrogens is 204 g/mol. The lowest BCUT2D eigenvalue weighted by Crippen LogP contribution is -2.31. The molecule has 86 valence electrons. The second kappa shape index (κ2) is 5.32. The molecule has 0 saturated carbocycles. The number of carbonyl (C=O) groups is 1. The molecule has 1 unspecified atom stereocenters. The molecule has 0 aliphatic heterocycles. The van der Waals surface area contributed by atoms with E-state index in [1.54, 1.807) is 13.2 Å². The maximum absolute atomic E-state index is 11.5. The molecule has 16 heavy (non-hydrogen) atoms. The Hall–Kier alpha value is -1.81. The second-order valence-electron chi connectivity index (χ2n) is 3.41. The number of hydrogen-bond acceptors (Lipinski definition) is 3. The van der Waals surface area contributed by atoms with E-state index < -0.39 is 6.04 Å². The summed E-state index contributed by atoms with van der Waals surface area (Å²) in [5.74, 6) is 0.397. The van der Waals surface area contributed by atoms with E-state index >= 15 is 0 Å². The first-order valence-electron chi connectivity index (χ1n) is 4.91. The molecule has 0 radical (unpaired) electrons. The van der Waals surface area contributed by atoms with E-state index in [1.807, 2.05) is 19.1 Å². The highest BCUT2D eigenvalue weighted by Gasteiger charge is 2.17. The molecule has 0 aliphatic rings. The highest BCUT2D eigenvalue weighted by molar-refractivity contribution is 5.84. The minimum atomic E-state index is -0.715. The summed E-state index contributed by atoms with van der Waals surface area (Å²) in [6.45, 7) is 5.32. The zero-order valence-corrected chi connectivity index (χ0v) is 9.49. The fourth-order valence-electron chi connectivity index (χ4n) is 1.41. The number of nitrogens with two attached hydrogens (primary N) is 1. The minimum absolute atomic E-state index is 0.286.